The minimum atomic E-state index is -1.33. The number of hydrogen-bond donors (Lipinski definition) is 4. The predicted molar refractivity (Wildman–Crippen MR) is 60.0 cm³/mol. The van der Waals surface area contributed by atoms with E-state index in [1.807, 2.05) is 0 Å². The van der Waals surface area contributed by atoms with Crippen molar-refractivity contribution < 1.29 is 10.2 Å². The second kappa shape index (κ2) is 4.52. The normalized spacial score (nSPS) is 11.5. The largest absolute Gasteiger partial charge is 0.369 e. The molecule has 0 radical (unpaired) electrons. The number of aliphatic hydroxyl groups is 2. The van der Waals surface area contributed by atoms with Gasteiger partial charge in [-0.25, -0.2) is 4.98 Å². The quantitative estimate of drug-likeness (QED) is 0.495. The predicted octanol–water partition coefficient (Wildman–Crippen LogP) is -1.21. The highest BCUT2D eigenvalue weighted by Crippen LogP contribution is 2.08. The number of aromatic nitrogens is 4. The van der Waals surface area contributed by atoms with Crippen LogP contribution in [0.3, 0.4) is 0 Å². The molecule has 0 amide bonds. The highest BCUT2D eigenvalue weighted by molar-refractivity contribution is 5.70. The Balaban J connectivity index is 2.26. The van der Waals surface area contributed by atoms with Crippen LogP contribution in [0, 0.1) is 0 Å². The van der Waals surface area contributed by atoms with Crippen LogP contribution in [0.25, 0.3) is 11.2 Å². The van der Waals surface area contributed by atoms with Gasteiger partial charge in [0.2, 0.25) is 5.95 Å². The second-order valence-electron chi connectivity index (χ2n) is 3.68. The molecule has 0 aliphatic heterocycles. The lowest BCUT2D eigenvalue weighted by atomic mass is 10.3. The van der Waals surface area contributed by atoms with Crippen molar-refractivity contribution >= 4 is 17.1 Å². The van der Waals surface area contributed by atoms with Crippen molar-refractivity contribution in [3.63, 3.8) is 0 Å². The van der Waals surface area contributed by atoms with E-state index in [1.165, 1.54) is 6.33 Å². The molecule has 0 spiro atoms. The fraction of sp³-hybridized carbons (Fsp3) is 0.444. The fourth-order valence-corrected chi connectivity index (χ4v) is 1.58. The summed E-state index contributed by atoms with van der Waals surface area (Å²) in [5, 5.41) is 17.4. The summed E-state index contributed by atoms with van der Waals surface area (Å²) >= 11 is 0. The average Bonchev–Trinajstić information content (AvgIpc) is 2.61. The average molecular weight is 239 g/mol. The van der Waals surface area contributed by atoms with Gasteiger partial charge in [0.05, 0.1) is 6.33 Å². The fourth-order valence-electron chi connectivity index (χ4n) is 1.58. The number of hydrogen-bond acceptors (Lipinski definition) is 6. The minimum absolute atomic E-state index is 0.0337. The summed E-state index contributed by atoms with van der Waals surface area (Å²) in [6, 6.07) is 0. The SMILES string of the molecule is Nc1nc2c(ncn2CCCC(O)O)c(=O)[nH]1. The minimum Gasteiger partial charge on any atom is -0.369 e. The lowest BCUT2D eigenvalue weighted by Crippen LogP contribution is -2.12. The van der Waals surface area contributed by atoms with E-state index in [-0.39, 0.29) is 23.4 Å². The van der Waals surface area contributed by atoms with Crippen molar-refractivity contribution in [3.05, 3.63) is 16.7 Å². The Hall–Kier alpha value is -1.93. The maximum absolute atomic E-state index is 11.5. The molecule has 2 aromatic rings. The van der Waals surface area contributed by atoms with Gasteiger partial charge in [-0.05, 0) is 12.8 Å². The molecule has 0 bridgehead atoms. The highest BCUT2D eigenvalue weighted by Gasteiger charge is 2.09. The van der Waals surface area contributed by atoms with Gasteiger partial charge in [0.1, 0.15) is 0 Å². The van der Waals surface area contributed by atoms with Crippen LogP contribution in [-0.2, 0) is 6.54 Å². The van der Waals surface area contributed by atoms with Crippen molar-refractivity contribution in [2.24, 2.45) is 0 Å². The number of imidazole rings is 1. The molecule has 0 atom stereocenters. The number of nitrogens with zero attached hydrogens (tertiary/aromatic N) is 3. The summed E-state index contributed by atoms with van der Waals surface area (Å²) in [4.78, 5) is 21.7. The van der Waals surface area contributed by atoms with E-state index >= 15 is 0 Å². The van der Waals surface area contributed by atoms with E-state index in [4.69, 9.17) is 15.9 Å². The molecule has 0 saturated heterocycles. The molecule has 2 heterocycles. The first kappa shape index (κ1) is 11.6. The van der Waals surface area contributed by atoms with Gasteiger partial charge in [-0.2, -0.15) is 4.98 Å². The van der Waals surface area contributed by atoms with Gasteiger partial charge < -0.3 is 20.5 Å². The van der Waals surface area contributed by atoms with E-state index in [0.29, 0.717) is 18.6 Å². The molecule has 5 N–H and O–H groups in total. The van der Waals surface area contributed by atoms with E-state index in [0.717, 1.165) is 0 Å². The number of anilines is 1. The monoisotopic (exact) mass is 239 g/mol. The van der Waals surface area contributed by atoms with Crippen LogP contribution < -0.4 is 11.3 Å². The Bertz CT molecular complexity index is 574. The van der Waals surface area contributed by atoms with Gasteiger partial charge in [-0.1, -0.05) is 0 Å². The van der Waals surface area contributed by atoms with Crippen LogP contribution in [0.5, 0.6) is 0 Å². The van der Waals surface area contributed by atoms with Gasteiger partial charge in [0.15, 0.2) is 17.5 Å². The van der Waals surface area contributed by atoms with Gasteiger partial charge in [0.25, 0.3) is 5.56 Å². The van der Waals surface area contributed by atoms with Crippen molar-refractivity contribution in [2.75, 3.05) is 5.73 Å². The first-order valence-corrected chi connectivity index (χ1v) is 5.14. The van der Waals surface area contributed by atoms with Crippen molar-refractivity contribution in [2.45, 2.75) is 25.7 Å². The van der Waals surface area contributed by atoms with E-state index in [9.17, 15) is 4.79 Å². The van der Waals surface area contributed by atoms with E-state index < -0.39 is 6.29 Å². The summed E-state index contributed by atoms with van der Waals surface area (Å²) in [5.74, 6) is 0.0337. The third kappa shape index (κ3) is 2.43. The molecule has 0 unspecified atom stereocenters. The maximum Gasteiger partial charge on any atom is 0.280 e. The number of aryl methyl sites for hydroxylation is 1. The first-order chi connectivity index (χ1) is 8.08. The van der Waals surface area contributed by atoms with Crippen molar-refractivity contribution in [1.29, 1.82) is 0 Å². The molecule has 8 nitrogen and oxygen atoms in total. The summed E-state index contributed by atoms with van der Waals surface area (Å²) in [7, 11) is 0. The number of H-pyrrole nitrogens is 1. The standard InChI is InChI=1S/C9H13N5O3/c10-9-12-7-6(8(17)13-9)11-4-14(7)3-1-2-5(15)16/h4-5,15-16H,1-3H2,(H3,10,12,13,17). The molecule has 0 fully saturated rings. The summed E-state index contributed by atoms with van der Waals surface area (Å²) < 4.78 is 1.66. The maximum atomic E-state index is 11.5. The molecule has 0 aromatic carbocycles. The van der Waals surface area contributed by atoms with Gasteiger partial charge in [0, 0.05) is 6.54 Å². The van der Waals surface area contributed by atoms with Gasteiger partial charge in [-0.3, -0.25) is 9.78 Å². The highest BCUT2D eigenvalue weighted by atomic mass is 16.5. The molecular formula is C9H13N5O3. The van der Waals surface area contributed by atoms with Crippen LogP contribution >= 0.6 is 0 Å². The zero-order valence-electron chi connectivity index (χ0n) is 9.00. The lowest BCUT2D eigenvalue weighted by molar-refractivity contribution is -0.0468. The van der Waals surface area contributed by atoms with Crippen molar-refractivity contribution in [3.8, 4) is 0 Å². The molecule has 2 aromatic heterocycles. The van der Waals surface area contributed by atoms with Crippen LogP contribution in [0.4, 0.5) is 5.95 Å². The molecule has 92 valence electrons. The number of fused-ring (bicyclic) bond motifs is 1. The van der Waals surface area contributed by atoms with E-state index in [2.05, 4.69) is 15.0 Å². The number of nitrogens with two attached hydrogens (primary N) is 1. The van der Waals surface area contributed by atoms with Crippen LogP contribution in [0.2, 0.25) is 0 Å². The molecule has 0 aliphatic rings. The smallest absolute Gasteiger partial charge is 0.280 e. The van der Waals surface area contributed by atoms with Crippen LogP contribution in [0.1, 0.15) is 12.8 Å². The second-order valence-corrected chi connectivity index (χ2v) is 3.68. The van der Waals surface area contributed by atoms with Gasteiger partial charge >= 0.3 is 0 Å². The molecule has 0 aliphatic carbocycles. The summed E-state index contributed by atoms with van der Waals surface area (Å²) in [6.45, 7) is 0.490. The number of aromatic amines is 1. The number of nitrogen functional groups attached to an aromatic ring is 1. The van der Waals surface area contributed by atoms with Crippen LogP contribution in [0.15, 0.2) is 11.1 Å². The molecule has 8 heteroatoms. The third-order valence-corrected chi connectivity index (χ3v) is 2.35. The van der Waals surface area contributed by atoms with Gasteiger partial charge in [-0.15, -0.1) is 0 Å². The lowest BCUT2D eigenvalue weighted by Gasteiger charge is -2.05. The summed E-state index contributed by atoms with van der Waals surface area (Å²) in [5.41, 5.74) is 5.69. The van der Waals surface area contributed by atoms with Crippen LogP contribution in [-0.4, -0.2) is 36.0 Å². The van der Waals surface area contributed by atoms with Crippen molar-refractivity contribution in [1.82, 2.24) is 19.5 Å². The first-order valence-electron chi connectivity index (χ1n) is 5.14. The summed E-state index contributed by atoms with van der Waals surface area (Å²) in [6.07, 6.45) is 0.942. The van der Waals surface area contributed by atoms with E-state index in [1.54, 1.807) is 4.57 Å². The topological polar surface area (TPSA) is 130 Å². The Kier molecular flexibility index (Phi) is 3.07. The number of aliphatic hydroxyl groups excluding tert-OH is 1. The Labute approximate surface area is 95.7 Å². The third-order valence-electron chi connectivity index (χ3n) is 2.35. The number of nitrogens with one attached hydrogen (secondary N) is 1. The molecule has 17 heavy (non-hydrogen) atoms. The Morgan fingerprint density at radius 3 is 3.00 bits per heavy atom. The Morgan fingerprint density at radius 1 is 1.53 bits per heavy atom. The zero-order valence-corrected chi connectivity index (χ0v) is 9.00. The number of rotatable bonds is 4. The molecule has 0 saturated carbocycles. The Morgan fingerprint density at radius 2 is 2.29 bits per heavy atom. The molecule has 2 rings (SSSR count). The molecular weight excluding hydrogens is 226 g/mol. The zero-order chi connectivity index (χ0) is 12.4.